The minimum absolute atomic E-state index is 0.764. The predicted octanol–water partition coefficient (Wildman–Crippen LogP) is 3.59. The zero-order valence-corrected chi connectivity index (χ0v) is 13.0. The third-order valence-corrected chi connectivity index (χ3v) is 3.41. The van der Waals surface area contributed by atoms with Gasteiger partial charge in [-0.3, -0.25) is 0 Å². The molecule has 0 atom stereocenters. The van der Waals surface area contributed by atoms with E-state index in [4.69, 9.17) is 4.52 Å². The summed E-state index contributed by atoms with van der Waals surface area (Å²) in [6.07, 6.45) is 2.36. The van der Waals surface area contributed by atoms with Gasteiger partial charge in [0.05, 0.1) is 12.2 Å². The molecule has 0 unspecified atom stereocenters. The third kappa shape index (κ3) is 4.90. The van der Waals surface area contributed by atoms with E-state index in [0.29, 0.717) is 0 Å². The Kier molecular flexibility index (Phi) is 6.28. The topological polar surface area (TPSA) is 41.3 Å². The van der Waals surface area contributed by atoms with Gasteiger partial charge in [0.1, 0.15) is 0 Å². The zero-order valence-electron chi connectivity index (χ0n) is 13.0. The molecule has 1 aromatic heterocycles. The fraction of sp³-hybridized carbons (Fsp3) is 0.471. The molecule has 4 nitrogen and oxygen atoms in total. The Hall–Kier alpha value is -1.81. The summed E-state index contributed by atoms with van der Waals surface area (Å²) >= 11 is 0. The lowest BCUT2D eigenvalue weighted by Gasteiger charge is -2.23. The smallest absolute Gasteiger partial charge is 0.156 e. The van der Waals surface area contributed by atoms with E-state index < -0.39 is 0 Å². The first-order chi connectivity index (χ1) is 10.3. The average Bonchev–Trinajstić information content (AvgIpc) is 2.97. The van der Waals surface area contributed by atoms with E-state index in [1.54, 1.807) is 0 Å². The molecule has 0 bridgehead atoms. The van der Waals surface area contributed by atoms with Crippen LogP contribution < -0.4 is 10.2 Å². The van der Waals surface area contributed by atoms with Crippen LogP contribution in [0.4, 0.5) is 5.69 Å². The van der Waals surface area contributed by atoms with Gasteiger partial charge in [0, 0.05) is 24.8 Å². The van der Waals surface area contributed by atoms with Crippen molar-refractivity contribution in [1.29, 1.82) is 0 Å². The molecule has 0 aliphatic heterocycles. The number of unbranched alkanes of at least 4 members (excludes halogenated alkanes) is 1. The van der Waals surface area contributed by atoms with Gasteiger partial charge in [-0.05, 0) is 25.1 Å². The molecular formula is C17H25N3O. The molecule has 0 radical (unpaired) electrons. The van der Waals surface area contributed by atoms with Crippen LogP contribution in [0, 0.1) is 0 Å². The van der Waals surface area contributed by atoms with Crippen LogP contribution in [0.15, 0.2) is 40.9 Å². The van der Waals surface area contributed by atoms with Crippen molar-refractivity contribution in [3.05, 3.63) is 47.9 Å². The van der Waals surface area contributed by atoms with Crippen molar-refractivity contribution in [2.75, 3.05) is 18.0 Å². The van der Waals surface area contributed by atoms with Crippen LogP contribution >= 0.6 is 0 Å². The predicted molar refractivity (Wildman–Crippen MR) is 86.3 cm³/mol. The van der Waals surface area contributed by atoms with Crippen LogP contribution in [0.2, 0.25) is 0 Å². The van der Waals surface area contributed by atoms with E-state index in [-0.39, 0.29) is 0 Å². The van der Waals surface area contributed by atoms with E-state index in [0.717, 1.165) is 37.6 Å². The molecule has 1 aromatic carbocycles. The van der Waals surface area contributed by atoms with Crippen molar-refractivity contribution in [3.8, 4) is 0 Å². The molecule has 0 spiro atoms. The molecular weight excluding hydrogens is 262 g/mol. The maximum Gasteiger partial charge on any atom is 0.156 e. The number of rotatable bonds is 9. The number of aromatic nitrogens is 1. The summed E-state index contributed by atoms with van der Waals surface area (Å²) in [6.45, 7) is 7.80. The maximum absolute atomic E-state index is 5.46. The number of hydrogen-bond donors (Lipinski definition) is 1. The van der Waals surface area contributed by atoms with Gasteiger partial charge in [0.15, 0.2) is 5.76 Å². The first kappa shape index (κ1) is 15.6. The summed E-state index contributed by atoms with van der Waals surface area (Å²) in [7, 11) is 0. The summed E-state index contributed by atoms with van der Waals surface area (Å²) in [5.74, 6) is 0.919. The van der Waals surface area contributed by atoms with Crippen molar-refractivity contribution in [2.24, 2.45) is 0 Å². The summed E-state index contributed by atoms with van der Waals surface area (Å²) in [6, 6.07) is 12.5. The number of hydrogen-bond acceptors (Lipinski definition) is 4. The Morgan fingerprint density at radius 3 is 2.71 bits per heavy atom. The molecule has 0 aliphatic rings. The third-order valence-electron chi connectivity index (χ3n) is 3.41. The molecule has 0 saturated carbocycles. The fourth-order valence-corrected chi connectivity index (χ4v) is 2.24. The summed E-state index contributed by atoms with van der Waals surface area (Å²) in [5.41, 5.74) is 2.20. The van der Waals surface area contributed by atoms with Gasteiger partial charge in [-0.1, -0.05) is 43.6 Å². The van der Waals surface area contributed by atoms with Gasteiger partial charge in [-0.25, -0.2) is 0 Å². The molecule has 2 rings (SSSR count). The van der Waals surface area contributed by atoms with Crippen LogP contribution in [-0.4, -0.2) is 18.2 Å². The van der Waals surface area contributed by atoms with Crippen molar-refractivity contribution < 1.29 is 4.52 Å². The highest BCUT2D eigenvalue weighted by molar-refractivity contribution is 5.46. The zero-order chi connectivity index (χ0) is 14.9. The van der Waals surface area contributed by atoms with Gasteiger partial charge in [-0.15, -0.1) is 0 Å². The molecule has 4 heteroatoms. The largest absolute Gasteiger partial charge is 0.364 e. The van der Waals surface area contributed by atoms with E-state index in [2.05, 4.69) is 53.5 Å². The Labute approximate surface area is 127 Å². The maximum atomic E-state index is 5.46. The highest BCUT2D eigenvalue weighted by Gasteiger charge is 2.11. The Bertz CT molecular complexity index is 510. The molecule has 1 heterocycles. The SMILES string of the molecule is CCCCN(Cc1cc(CNCC)no1)c1ccccc1. The van der Waals surface area contributed by atoms with E-state index in [9.17, 15) is 0 Å². The van der Waals surface area contributed by atoms with E-state index in [1.807, 2.05) is 12.1 Å². The quantitative estimate of drug-likeness (QED) is 0.765. The summed E-state index contributed by atoms with van der Waals surface area (Å²) in [5, 5.41) is 7.38. The first-order valence-electron chi connectivity index (χ1n) is 7.78. The van der Waals surface area contributed by atoms with Crippen molar-refractivity contribution in [3.63, 3.8) is 0 Å². The lowest BCUT2D eigenvalue weighted by molar-refractivity contribution is 0.373. The lowest BCUT2D eigenvalue weighted by Crippen LogP contribution is -2.23. The van der Waals surface area contributed by atoms with Gasteiger partial charge < -0.3 is 14.7 Å². The standard InChI is InChI=1S/C17H25N3O/c1-3-5-11-20(16-9-7-6-8-10-16)14-17-12-15(19-21-17)13-18-4-2/h6-10,12,18H,3-5,11,13-14H2,1-2H3. The number of nitrogens with zero attached hydrogens (tertiary/aromatic N) is 2. The molecule has 21 heavy (non-hydrogen) atoms. The van der Waals surface area contributed by atoms with Crippen LogP contribution in [0.5, 0.6) is 0 Å². The van der Waals surface area contributed by atoms with Crippen molar-refractivity contribution >= 4 is 5.69 Å². The second-order valence-electron chi connectivity index (χ2n) is 5.18. The second-order valence-corrected chi connectivity index (χ2v) is 5.18. The van der Waals surface area contributed by atoms with Crippen LogP contribution in [-0.2, 0) is 13.1 Å². The average molecular weight is 287 g/mol. The molecule has 0 saturated heterocycles. The number of para-hydroxylation sites is 1. The lowest BCUT2D eigenvalue weighted by atomic mass is 10.2. The monoisotopic (exact) mass is 287 g/mol. The van der Waals surface area contributed by atoms with E-state index in [1.165, 1.54) is 18.5 Å². The number of benzene rings is 1. The van der Waals surface area contributed by atoms with Crippen LogP contribution in [0.1, 0.15) is 38.1 Å². The Morgan fingerprint density at radius 1 is 1.19 bits per heavy atom. The highest BCUT2D eigenvalue weighted by Crippen LogP contribution is 2.18. The molecule has 1 N–H and O–H groups in total. The molecule has 2 aromatic rings. The number of nitrogens with one attached hydrogen (secondary N) is 1. The van der Waals surface area contributed by atoms with Crippen molar-refractivity contribution in [1.82, 2.24) is 10.5 Å². The second kappa shape index (κ2) is 8.47. The Balaban J connectivity index is 2.02. The molecule has 0 amide bonds. The van der Waals surface area contributed by atoms with Crippen LogP contribution in [0.25, 0.3) is 0 Å². The van der Waals surface area contributed by atoms with Gasteiger partial charge >= 0.3 is 0 Å². The highest BCUT2D eigenvalue weighted by atomic mass is 16.5. The minimum Gasteiger partial charge on any atom is -0.364 e. The fourth-order valence-electron chi connectivity index (χ4n) is 2.24. The van der Waals surface area contributed by atoms with Gasteiger partial charge in [0.2, 0.25) is 0 Å². The summed E-state index contributed by atoms with van der Waals surface area (Å²) in [4.78, 5) is 2.35. The molecule has 0 aliphatic carbocycles. The van der Waals surface area contributed by atoms with Gasteiger partial charge in [-0.2, -0.15) is 0 Å². The molecule has 0 fully saturated rings. The summed E-state index contributed by atoms with van der Waals surface area (Å²) < 4.78 is 5.46. The Morgan fingerprint density at radius 2 is 2.00 bits per heavy atom. The normalized spacial score (nSPS) is 10.8. The number of anilines is 1. The first-order valence-corrected chi connectivity index (χ1v) is 7.78. The van der Waals surface area contributed by atoms with E-state index >= 15 is 0 Å². The molecule has 114 valence electrons. The van der Waals surface area contributed by atoms with Crippen molar-refractivity contribution in [2.45, 2.75) is 39.8 Å². The minimum atomic E-state index is 0.764. The van der Waals surface area contributed by atoms with Gasteiger partial charge in [0.25, 0.3) is 0 Å². The van der Waals surface area contributed by atoms with Crippen LogP contribution in [0.3, 0.4) is 0 Å².